The van der Waals surface area contributed by atoms with Gasteiger partial charge in [-0.3, -0.25) is 4.90 Å². The van der Waals surface area contributed by atoms with Gasteiger partial charge in [0.2, 0.25) is 0 Å². The second kappa shape index (κ2) is 4.53. The molecule has 0 aromatic carbocycles. The predicted octanol–water partition coefficient (Wildman–Crippen LogP) is 2.94. The molecule has 3 unspecified atom stereocenters. The highest BCUT2D eigenvalue weighted by Gasteiger charge is 2.41. The molecule has 2 heteroatoms. The van der Waals surface area contributed by atoms with Crippen LogP contribution < -0.4 is 0 Å². The molecule has 2 bridgehead atoms. The van der Waals surface area contributed by atoms with Gasteiger partial charge in [-0.25, -0.2) is 0 Å². The van der Waals surface area contributed by atoms with Crippen LogP contribution in [0.25, 0.3) is 0 Å². The zero-order chi connectivity index (χ0) is 10.8. The first-order chi connectivity index (χ1) is 7.26. The van der Waals surface area contributed by atoms with Crippen LogP contribution in [-0.2, 0) is 0 Å². The molecule has 15 heavy (non-hydrogen) atoms. The lowest BCUT2D eigenvalue weighted by Gasteiger charge is -2.42. The Hall–Kier alpha value is -0.550. The molecular formula is C13H22N2. The Balaban J connectivity index is 2.01. The Morgan fingerprint density at radius 2 is 1.93 bits per heavy atom. The molecule has 0 spiro atoms. The van der Waals surface area contributed by atoms with Gasteiger partial charge in [-0.1, -0.05) is 6.92 Å². The van der Waals surface area contributed by atoms with Gasteiger partial charge in [0.25, 0.3) is 0 Å². The Morgan fingerprint density at radius 1 is 1.33 bits per heavy atom. The van der Waals surface area contributed by atoms with Crippen LogP contribution in [0.1, 0.15) is 52.4 Å². The van der Waals surface area contributed by atoms with Crippen molar-refractivity contribution in [2.45, 2.75) is 70.5 Å². The molecule has 2 fully saturated rings. The van der Waals surface area contributed by atoms with Gasteiger partial charge in [-0.2, -0.15) is 5.26 Å². The van der Waals surface area contributed by atoms with E-state index in [0.29, 0.717) is 5.92 Å². The van der Waals surface area contributed by atoms with Crippen molar-refractivity contribution in [3.05, 3.63) is 0 Å². The van der Waals surface area contributed by atoms with Gasteiger partial charge in [0.15, 0.2) is 0 Å². The van der Waals surface area contributed by atoms with E-state index in [1.807, 2.05) is 0 Å². The van der Waals surface area contributed by atoms with E-state index in [9.17, 15) is 0 Å². The zero-order valence-electron chi connectivity index (χ0n) is 9.95. The Bertz CT molecular complexity index is 242. The molecule has 0 aromatic rings. The molecule has 2 saturated heterocycles. The van der Waals surface area contributed by atoms with E-state index >= 15 is 0 Å². The van der Waals surface area contributed by atoms with Crippen molar-refractivity contribution < 1.29 is 0 Å². The number of nitrogens with zero attached hydrogens (tertiary/aromatic N) is 2. The van der Waals surface area contributed by atoms with Crippen LogP contribution in [0.4, 0.5) is 0 Å². The Labute approximate surface area is 93.3 Å². The first kappa shape index (κ1) is 11.0. The third-order valence-electron chi connectivity index (χ3n) is 4.37. The number of nitriles is 1. The summed E-state index contributed by atoms with van der Waals surface area (Å²) in [6.07, 6.45) is 7.33. The predicted molar refractivity (Wildman–Crippen MR) is 61.4 cm³/mol. The van der Waals surface area contributed by atoms with Crippen LogP contribution in [0.2, 0.25) is 0 Å². The molecule has 2 aliphatic rings. The van der Waals surface area contributed by atoms with Gasteiger partial charge in [-0.15, -0.1) is 0 Å². The number of hydrogen-bond donors (Lipinski definition) is 0. The van der Waals surface area contributed by atoms with Crippen molar-refractivity contribution in [1.29, 1.82) is 5.26 Å². The average molecular weight is 206 g/mol. The highest BCUT2D eigenvalue weighted by Crippen LogP contribution is 2.41. The summed E-state index contributed by atoms with van der Waals surface area (Å²) >= 11 is 0. The summed E-state index contributed by atoms with van der Waals surface area (Å²) in [4.78, 5) is 2.74. The lowest BCUT2D eigenvalue weighted by molar-refractivity contribution is 0.0658. The van der Waals surface area contributed by atoms with Crippen molar-refractivity contribution in [3.63, 3.8) is 0 Å². The molecule has 2 heterocycles. The molecule has 2 nitrogen and oxygen atoms in total. The maximum Gasteiger partial charge on any atom is 0.0624 e. The first-order valence-electron chi connectivity index (χ1n) is 6.40. The molecule has 0 radical (unpaired) electrons. The van der Waals surface area contributed by atoms with Gasteiger partial charge in [-0.05, 0) is 44.9 Å². The average Bonchev–Trinajstić information content (AvgIpc) is 2.50. The third kappa shape index (κ3) is 2.03. The number of fused-ring (bicyclic) bond motifs is 2. The first-order valence-corrected chi connectivity index (χ1v) is 6.40. The molecule has 0 amide bonds. The standard InChI is InChI=1S/C13H22N2/c1-3-10(2)15-12-4-5-13(15)9-11(8-12)6-7-14/h10-13H,3-6,8-9H2,1-2H3. The molecule has 0 aromatic heterocycles. The molecule has 0 saturated carbocycles. The lowest BCUT2D eigenvalue weighted by atomic mass is 9.87. The van der Waals surface area contributed by atoms with E-state index in [4.69, 9.17) is 5.26 Å². The maximum atomic E-state index is 8.77. The minimum atomic E-state index is 0.688. The summed E-state index contributed by atoms with van der Waals surface area (Å²) in [6.45, 7) is 4.64. The Kier molecular flexibility index (Phi) is 3.31. The van der Waals surface area contributed by atoms with Crippen molar-refractivity contribution in [2.75, 3.05) is 0 Å². The third-order valence-corrected chi connectivity index (χ3v) is 4.37. The molecule has 2 rings (SSSR count). The minimum absolute atomic E-state index is 0.688. The molecule has 2 aliphatic heterocycles. The zero-order valence-corrected chi connectivity index (χ0v) is 9.95. The summed E-state index contributed by atoms with van der Waals surface area (Å²) in [6, 6.07) is 4.66. The second-order valence-corrected chi connectivity index (χ2v) is 5.29. The van der Waals surface area contributed by atoms with Gasteiger partial charge >= 0.3 is 0 Å². The van der Waals surface area contributed by atoms with E-state index in [-0.39, 0.29) is 0 Å². The van der Waals surface area contributed by atoms with Gasteiger partial charge in [0.1, 0.15) is 0 Å². The van der Waals surface area contributed by atoms with Crippen molar-refractivity contribution in [2.24, 2.45) is 5.92 Å². The largest absolute Gasteiger partial charge is 0.295 e. The van der Waals surface area contributed by atoms with E-state index in [0.717, 1.165) is 24.5 Å². The second-order valence-electron chi connectivity index (χ2n) is 5.29. The quantitative estimate of drug-likeness (QED) is 0.710. The highest BCUT2D eigenvalue weighted by atomic mass is 15.2. The number of rotatable bonds is 3. The fourth-order valence-electron chi connectivity index (χ4n) is 3.55. The van der Waals surface area contributed by atoms with Crippen molar-refractivity contribution >= 4 is 0 Å². The molecule has 0 aliphatic carbocycles. The van der Waals surface area contributed by atoms with E-state index in [1.54, 1.807) is 0 Å². The van der Waals surface area contributed by atoms with Crippen molar-refractivity contribution in [1.82, 2.24) is 4.90 Å². The number of hydrogen-bond acceptors (Lipinski definition) is 2. The van der Waals surface area contributed by atoms with Crippen molar-refractivity contribution in [3.8, 4) is 6.07 Å². The maximum absolute atomic E-state index is 8.77. The summed E-state index contributed by atoms with van der Waals surface area (Å²) in [5.41, 5.74) is 0. The Morgan fingerprint density at radius 3 is 2.40 bits per heavy atom. The normalized spacial score (nSPS) is 37.5. The molecule has 84 valence electrons. The summed E-state index contributed by atoms with van der Waals surface area (Å²) in [5, 5.41) is 8.77. The highest BCUT2D eigenvalue weighted by molar-refractivity contribution is 4.98. The summed E-state index contributed by atoms with van der Waals surface area (Å²) in [7, 11) is 0. The van der Waals surface area contributed by atoms with E-state index < -0.39 is 0 Å². The van der Waals surface area contributed by atoms with Crippen LogP contribution in [0.3, 0.4) is 0 Å². The van der Waals surface area contributed by atoms with E-state index in [2.05, 4.69) is 24.8 Å². The lowest BCUT2D eigenvalue weighted by Crippen LogP contribution is -2.47. The van der Waals surface area contributed by atoms with Crippen LogP contribution >= 0.6 is 0 Å². The summed E-state index contributed by atoms with van der Waals surface area (Å²) in [5.74, 6) is 0.688. The van der Waals surface area contributed by atoms with Gasteiger partial charge in [0.05, 0.1) is 6.07 Å². The summed E-state index contributed by atoms with van der Waals surface area (Å²) < 4.78 is 0. The van der Waals surface area contributed by atoms with Gasteiger partial charge < -0.3 is 0 Å². The topological polar surface area (TPSA) is 27.0 Å². The minimum Gasteiger partial charge on any atom is -0.295 e. The SMILES string of the molecule is CCC(C)N1C2CCC1CC(CC#N)C2. The van der Waals surface area contributed by atoms with Gasteiger partial charge in [0, 0.05) is 24.5 Å². The van der Waals surface area contributed by atoms with Crippen LogP contribution in [0.15, 0.2) is 0 Å². The number of piperidine rings is 1. The van der Waals surface area contributed by atoms with Crippen LogP contribution in [-0.4, -0.2) is 23.0 Å². The smallest absolute Gasteiger partial charge is 0.0624 e. The van der Waals surface area contributed by atoms with Crippen LogP contribution in [0.5, 0.6) is 0 Å². The fourth-order valence-corrected chi connectivity index (χ4v) is 3.55. The monoisotopic (exact) mass is 206 g/mol. The molecule has 0 N–H and O–H groups in total. The molecule has 3 atom stereocenters. The van der Waals surface area contributed by atoms with Crippen LogP contribution in [0, 0.1) is 17.2 Å². The fraction of sp³-hybridized carbons (Fsp3) is 0.923. The van der Waals surface area contributed by atoms with E-state index in [1.165, 1.54) is 32.1 Å². The molecular weight excluding hydrogens is 184 g/mol.